The number of hydrogen-bond acceptors (Lipinski definition) is 4. The molecule has 0 aliphatic carbocycles. The van der Waals surface area contributed by atoms with Gasteiger partial charge in [-0.1, -0.05) is 6.08 Å². The summed E-state index contributed by atoms with van der Waals surface area (Å²) in [6, 6.07) is 3.43. The Morgan fingerprint density at radius 3 is 3.00 bits per heavy atom. The number of amides is 2. The third kappa shape index (κ3) is 2.76. The predicted molar refractivity (Wildman–Crippen MR) is 65.6 cm³/mol. The van der Waals surface area contributed by atoms with Crippen molar-refractivity contribution in [3.8, 4) is 0 Å². The van der Waals surface area contributed by atoms with Crippen molar-refractivity contribution in [1.29, 1.82) is 0 Å². The number of carbonyl (C=O) groups excluding carboxylic acids is 2. The largest absolute Gasteiger partial charge is 0.369 e. The van der Waals surface area contributed by atoms with Crippen LogP contribution in [0.4, 0.5) is 0 Å². The maximum Gasteiger partial charge on any atom is 0.276 e. The van der Waals surface area contributed by atoms with Crippen LogP contribution in [0.5, 0.6) is 0 Å². The van der Waals surface area contributed by atoms with Crippen LogP contribution < -0.4 is 16.4 Å². The lowest BCUT2D eigenvalue weighted by molar-refractivity contribution is -0.115. The van der Waals surface area contributed by atoms with Crippen LogP contribution in [0.15, 0.2) is 35.1 Å². The van der Waals surface area contributed by atoms with E-state index in [1.165, 1.54) is 0 Å². The summed E-state index contributed by atoms with van der Waals surface area (Å²) in [5, 5.41) is 5.08. The molecule has 7 nitrogen and oxygen atoms in total. The van der Waals surface area contributed by atoms with E-state index in [-0.39, 0.29) is 23.5 Å². The predicted octanol–water partition coefficient (Wildman–Crippen LogP) is -0.537. The van der Waals surface area contributed by atoms with Crippen molar-refractivity contribution in [2.24, 2.45) is 10.7 Å². The molecule has 0 saturated carbocycles. The molecule has 0 unspecified atom stereocenters. The van der Waals surface area contributed by atoms with Crippen LogP contribution in [-0.4, -0.2) is 29.3 Å². The Kier molecular flexibility index (Phi) is 3.42. The molecule has 5 N–H and O–H groups in total. The average Bonchev–Trinajstić information content (AvgIpc) is 2.94. The second kappa shape index (κ2) is 5.17. The van der Waals surface area contributed by atoms with Gasteiger partial charge in [-0.15, -0.1) is 0 Å². The van der Waals surface area contributed by atoms with E-state index in [2.05, 4.69) is 20.6 Å². The fourth-order valence-electron chi connectivity index (χ4n) is 1.49. The van der Waals surface area contributed by atoms with Crippen molar-refractivity contribution in [2.75, 3.05) is 6.54 Å². The Morgan fingerprint density at radius 2 is 2.39 bits per heavy atom. The monoisotopic (exact) mass is 247 g/mol. The summed E-state index contributed by atoms with van der Waals surface area (Å²) in [4.78, 5) is 29.4. The van der Waals surface area contributed by atoms with Gasteiger partial charge in [0.15, 0.2) is 0 Å². The van der Waals surface area contributed by atoms with Crippen LogP contribution in [-0.2, 0) is 4.79 Å². The molecule has 0 atom stereocenters. The van der Waals surface area contributed by atoms with Gasteiger partial charge < -0.3 is 16.0 Å². The summed E-state index contributed by atoms with van der Waals surface area (Å²) in [7, 11) is 0. The summed E-state index contributed by atoms with van der Waals surface area (Å²) in [6.45, 7) is 0.421. The molecule has 2 rings (SSSR count). The minimum absolute atomic E-state index is 0.0988. The van der Waals surface area contributed by atoms with E-state index in [1.807, 2.05) is 0 Å². The van der Waals surface area contributed by atoms with E-state index in [0.717, 1.165) is 0 Å². The van der Waals surface area contributed by atoms with Gasteiger partial charge in [0, 0.05) is 12.7 Å². The number of aromatic nitrogens is 1. The molecule has 1 aliphatic heterocycles. The molecule has 1 aliphatic rings. The summed E-state index contributed by atoms with van der Waals surface area (Å²) < 4.78 is 0. The van der Waals surface area contributed by atoms with Gasteiger partial charge in [0.25, 0.3) is 11.8 Å². The molecule has 7 heteroatoms. The first kappa shape index (κ1) is 11.9. The van der Waals surface area contributed by atoms with Gasteiger partial charge in [-0.05, 0) is 18.6 Å². The van der Waals surface area contributed by atoms with E-state index in [4.69, 9.17) is 5.73 Å². The summed E-state index contributed by atoms with van der Waals surface area (Å²) in [5.74, 6) is -0.401. The molecular weight excluding hydrogens is 234 g/mol. The molecule has 2 heterocycles. The highest BCUT2D eigenvalue weighted by atomic mass is 16.2. The maximum atomic E-state index is 11.5. The molecular formula is C11H13N5O2. The topological polar surface area (TPSA) is 112 Å². The third-order valence-electron chi connectivity index (χ3n) is 2.33. The Balaban J connectivity index is 1.78. The van der Waals surface area contributed by atoms with Gasteiger partial charge in [-0.2, -0.15) is 0 Å². The molecule has 18 heavy (non-hydrogen) atoms. The lowest BCUT2D eigenvalue weighted by Gasteiger charge is -2.00. The van der Waals surface area contributed by atoms with Gasteiger partial charge in [-0.25, -0.2) is 4.99 Å². The summed E-state index contributed by atoms with van der Waals surface area (Å²) >= 11 is 0. The number of H-pyrrole nitrogens is 1. The van der Waals surface area contributed by atoms with E-state index >= 15 is 0 Å². The molecule has 1 aromatic rings. The van der Waals surface area contributed by atoms with Crippen LogP contribution in [0.1, 0.15) is 16.9 Å². The number of rotatable bonds is 4. The van der Waals surface area contributed by atoms with E-state index in [0.29, 0.717) is 18.7 Å². The van der Waals surface area contributed by atoms with Gasteiger partial charge in [0.2, 0.25) is 5.96 Å². The molecule has 0 bridgehead atoms. The molecule has 0 saturated heterocycles. The standard InChI is InChI=1S/C11H13N5O2/c12-11-15-8(10(18)16-11)4-2-6-14-9(17)7-3-1-5-13-7/h1,3-5,13H,2,6H2,(H,14,17)(H3,12,15,16,18). The zero-order valence-electron chi connectivity index (χ0n) is 9.56. The molecule has 94 valence electrons. The highest BCUT2D eigenvalue weighted by molar-refractivity contribution is 6.10. The van der Waals surface area contributed by atoms with Crippen molar-refractivity contribution in [3.63, 3.8) is 0 Å². The first-order chi connectivity index (χ1) is 8.66. The number of aromatic amines is 1. The van der Waals surface area contributed by atoms with Crippen LogP contribution >= 0.6 is 0 Å². The molecule has 0 radical (unpaired) electrons. The van der Waals surface area contributed by atoms with Crippen molar-refractivity contribution >= 4 is 17.8 Å². The van der Waals surface area contributed by atoms with Crippen molar-refractivity contribution < 1.29 is 9.59 Å². The Bertz CT molecular complexity index is 516. The highest BCUT2D eigenvalue weighted by Crippen LogP contribution is 2.03. The van der Waals surface area contributed by atoms with Crippen molar-refractivity contribution in [1.82, 2.24) is 15.6 Å². The van der Waals surface area contributed by atoms with Crippen LogP contribution in [0.2, 0.25) is 0 Å². The summed E-state index contributed by atoms with van der Waals surface area (Å²) in [5.41, 5.74) is 6.12. The highest BCUT2D eigenvalue weighted by Gasteiger charge is 2.16. The fraction of sp³-hybridized carbons (Fsp3) is 0.182. The number of hydrogen-bond donors (Lipinski definition) is 4. The second-order valence-corrected chi connectivity index (χ2v) is 3.67. The summed E-state index contributed by atoms with van der Waals surface area (Å²) in [6.07, 6.45) is 3.81. The van der Waals surface area contributed by atoms with Gasteiger partial charge >= 0.3 is 0 Å². The van der Waals surface area contributed by atoms with Crippen LogP contribution in [0, 0.1) is 0 Å². The van der Waals surface area contributed by atoms with Gasteiger partial charge in [0.05, 0.1) is 0 Å². The van der Waals surface area contributed by atoms with Gasteiger partial charge in [0.1, 0.15) is 11.4 Å². The third-order valence-corrected chi connectivity index (χ3v) is 2.33. The molecule has 0 aromatic carbocycles. The molecule has 2 amide bonds. The van der Waals surface area contributed by atoms with Gasteiger partial charge in [-0.3, -0.25) is 14.9 Å². The number of aliphatic imine (C=N–C) groups is 1. The zero-order chi connectivity index (χ0) is 13.0. The normalized spacial score (nSPS) is 16.6. The first-order valence-electron chi connectivity index (χ1n) is 5.44. The lowest BCUT2D eigenvalue weighted by atomic mass is 10.3. The fourth-order valence-corrected chi connectivity index (χ4v) is 1.49. The van der Waals surface area contributed by atoms with Crippen molar-refractivity contribution in [3.05, 3.63) is 35.8 Å². The Morgan fingerprint density at radius 1 is 1.56 bits per heavy atom. The smallest absolute Gasteiger partial charge is 0.276 e. The van der Waals surface area contributed by atoms with E-state index in [1.54, 1.807) is 24.4 Å². The number of nitrogens with one attached hydrogen (secondary N) is 3. The molecule has 0 spiro atoms. The van der Waals surface area contributed by atoms with E-state index < -0.39 is 0 Å². The minimum Gasteiger partial charge on any atom is -0.369 e. The van der Waals surface area contributed by atoms with Crippen LogP contribution in [0.25, 0.3) is 0 Å². The SMILES string of the molecule is NC1=NC(=CCCNC(=O)c2ccc[nH]2)C(=O)N1. The molecule has 1 aromatic heterocycles. The number of nitrogens with zero attached hydrogens (tertiary/aromatic N) is 1. The number of nitrogens with two attached hydrogens (primary N) is 1. The first-order valence-corrected chi connectivity index (χ1v) is 5.44. The maximum absolute atomic E-state index is 11.5. The minimum atomic E-state index is -0.316. The quantitative estimate of drug-likeness (QED) is 0.423. The number of guanidine groups is 1. The Labute approximate surface area is 103 Å². The molecule has 0 fully saturated rings. The lowest BCUT2D eigenvalue weighted by Crippen LogP contribution is -2.30. The Hall–Kier alpha value is -2.57. The zero-order valence-corrected chi connectivity index (χ0v) is 9.56. The van der Waals surface area contributed by atoms with Crippen molar-refractivity contribution in [2.45, 2.75) is 6.42 Å². The average molecular weight is 247 g/mol. The number of carbonyl (C=O) groups is 2. The van der Waals surface area contributed by atoms with E-state index in [9.17, 15) is 9.59 Å². The second-order valence-electron chi connectivity index (χ2n) is 3.67. The van der Waals surface area contributed by atoms with Crippen LogP contribution in [0.3, 0.4) is 0 Å².